The lowest BCUT2D eigenvalue weighted by molar-refractivity contribution is -0.385. The Bertz CT molecular complexity index is 582. The van der Waals surface area contributed by atoms with Crippen LogP contribution in [0.1, 0.15) is 24.2 Å². The molecule has 1 rings (SSSR count). The molecule has 1 N–H and O–H groups in total. The summed E-state index contributed by atoms with van der Waals surface area (Å²) in [5, 5.41) is 13.4. The van der Waals surface area contributed by atoms with E-state index in [1.54, 1.807) is 0 Å². The zero-order chi connectivity index (χ0) is 16.2. The molecule has 0 heterocycles. The minimum atomic E-state index is -1.25. The highest BCUT2D eigenvalue weighted by Gasteiger charge is 2.31. The summed E-state index contributed by atoms with van der Waals surface area (Å²) in [6.07, 6.45) is 0. The number of ether oxygens (including phenoxy) is 2. The van der Waals surface area contributed by atoms with Crippen LogP contribution in [0.25, 0.3) is 0 Å². The monoisotopic (exact) mass is 296 g/mol. The fraction of sp³-hybridized carbons (Fsp3) is 0.385. The van der Waals surface area contributed by atoms with Gasteiger partial charge in [0.2, 0.25) is 0 Å². The third-order valence-electron chi connectivity index (χ3n) is 2.76. The fourth-order valence-electron chi connectivity index (χ4n) is 1.64. The number of nitro benzene ring substituents is 1. The zero-order valence-electron chi connectivity index (χ0n) is 12.1. The van der Waals surface area contributed by atoms with Gasteiger partial charge >= 0.3 is 11.7 Å². The van der Waals surface area contributed by atoms with Gasteiger partial charge in [-0.25, -0.2) is 4.79 Å². The number of nitrogens with zero attached hydrogens (tertiary/aromatic N) is 1. The molecule has 0 aliphatic heterocycles. The molecule has 21 heavy (non-hydrogen) atoms. The lowest BCUT2D eigenvalue weighted by Gasteiger charge is -2.23. The molecule has 8 nitrogen and oxygen atoms in total. The second kappa shape index (κ2) is 6.21. The van der Waals surface area contributed by atoms with Crippen LogP contribution in [0, 0.1) is 10.1 Å². The van der Waals surface area contributed by atoms with Crippen LogP contribution in [0.2, 0.25) is 0 Å². The molecule has 0 fully saturated rings. The molecule has 0 atom stereocenters. The molecule has 1 amide bonds. The van der Waals surface area contributed by atoms with E-state index in [0.717, 1.165) is 6.07 Å². The molecule has 8 heteroatoms. The van der Waals surface area contributed by atoms with E-state index in [4.69, 9.17) is 4.74 Å². The molecule has 0 bridgehead atoms. The Morgan fingerprint density at radius 2 is 1.90 bits per heavy atom. The van der Waals surface area contributed by atoms with Gasteiger partial charge in [-0.1, -0.05) is 0 Å². The molecule has 114 valence electrons. The van der Waals surface area contributed by atoms with E-state index in [0.29, 0.717) is 0 Å². The largest absolute Gasteiger partial charge is 0.490 e. The van der Waals surface area contributed by atoms with Crippen LogP contribution in [0.5, 0.6) is 5.75 Å². The summed E-state index contributed by atoms with van der Waals surface area (Å²) >= 11 is 0. The molecular weight excluding hydrogens is 280 g/mol. The first-order valence-corrected chi connectivity index (χ1v) is 5.96. The summed E-state index contributed by atoms with van der Waals surface area (Å²) in [6.45, 7) is 2.93. The van der Waals surface area contributed by atoms with E-state index < -0.39 is 22.3 Å². The number of carbonyl (C=O) groups excluding carboxylic acids is 2. The van der Waals surface area contributed by atoms with Crippen molar-refractivity contribution in [1.29, 1.82) is 0 Å². The number of hydrogen-bond acceptors (Lipinski definition) is 6. The maximum atomic E-state index is 12.1. The molecule has 0 unspecified atom stereocenters. The van der Waals surface area contributed by atoms with E-state index >= 15 is 0 Å². The Balaban J connectivity index is 3.06. The van der Waals surface area contributed by atoms with Crippen molar-refractivity contribution in [2.24, 2.45) is 0 Å². The summed E-state index contributed by atoms with van der Waals surface area (Å²) in [7, 11) is 2.50. The van der Waals surface area contributed by atoms with Crippen molar-refractivity contribution >= 4 is 17.6 Å². The molecule has 0 saturated heterocycles. The molecule has 0 spiro atoms. The highest BCUT2D eigenvalue weighted by Crippen LogP contribution is 2.27. The first kappa shape index (κ1) is 16.4. The molecular formula is C13H16N2O6. The Labute approximate surface area is 121 Å². The van der Waals surface area contributed by atoms with Gasteiger partial charge in [0, 0.05) is 11.6 Å². The van der Waals surface area contributed by atoms with E-state index in [2.05, 4.69) is 10.1 Å². The number of methoxy groups -OCH3 is 2. The summed E-state index contributed by atoms with van der Waals surface area (Å²) in [4.78, 5) is 33.8. The molecule has 0 saturated carbocycles. The third-order valence-corrected chi connectivity index (χ3v) is 2.76. The van der Waals surface area contributed by atoms with Gasteiger partial charge in [0.15, 0.2) is 5.75 Å². The lowest BCUT2D eigenvalue weighted by Crippen LogP contribution is -2.50. The number of hydrogen-bond donors (Lipinski definition) is 1. The van der Waals surface area contributed by atoms with Crippen molar-refractivity contribution in [2.45, 2.75) is 19.4 Å². The van der Waals surface area contributed by atoms with Crippen molar-refractivity contribution in [1.82, 2.24) is 5.32 Å². The van der Waals surface area contributed by atoms with Crippen molar-refractivity contribution in [3.05, 3.63) is 33.9 Å². The number of nitro groups is 1. The minimum Gasteiger partial charge on any atom is -0.490 e. The number of carbonyl (C=O) groups is 2. The predicted molar refractivity (Wildman–Crippen MR) is 73.2 cm³/mol. The maximum Gasteiger partial charge on any atom is 0.330 e. The number of nitrogens with one attached hydrogen (secondary N) is 1. The molecule has 0 aliphatic rings. The van der Waals surface area contributed by atoms with Crippen molar-refractivity contribution in [3.63, 3.8) is 0 Å². The first-order valence-electron chi connectivity index (χ1n) is 5.96. The second-order valence-electron chi connectivity index (χ2n) is 4.71. The van der Waals surface area contributed by atoms with Crippen LogP contribution >= 0.6 is 0 Å². The number of rotatable bonds is 5. The van der Waals surface area contributed by atoms with Crippen molar-refractivity contribution < 1.29 is 24.0 Å². The smallest absolute Gasteiger partial charge is 0.330 e. The van der Waals surface area contributed by atoms with Gasteiger partial charge in [-0.3, -0.25) is 14.9 Å². The quantitative estimate of drug-likeness (QED) is 0.498. The topological polar surface area (TPSA) is 108 Å². The van der Waals surface area contributed by atoms with Crippen molar-refractivity contribution in [2.75, 3.05) is 14.2 Å². The van der Waals surface area contributed by atoms with Gasteiger partial charge in [0.05, 0.1) is 19.1 Å². The third kappa shape index (κ3) is 3.68. The zero-order valence-corrected chi connectivity index (χ0v) is 12.1. The Hall–Kier alpha value is -2.64. The highest BCUT2D eigenvalue weighted by atomic mass is 16.6. The number of esters is 1. The average molecular weight is 296 g/mol. The van der Waals surface area contributed by atoms with Gasteiger partial charge in [0.1, 0.15) is 5.54 Å². The predicted octanol–water partition coefficient (Wildman–Crippen LogP) is 1.28. The number of benzene rings is 1. The summed E-state index contributed by atoms with van der Waals surface area (Å²) < 4.78 is 9.42. The van der Waals surface area contributed by atoms with Crippen LogP contribution in [-0.2, 0) is 9.53 Å². The summed E-state index contributed by atoms with van der Waals surface area (Å²) in [6, 6.07) is 3.77. The molecule has 0 radical (unpaired) electrons. The van der Waals surface area contributed by atoms with Crippen LogP contribution < -0.4 is 10.1 Å². The van der Waals surface area contributed by atoms with Crippen LogP contribution in [0.15, 0.2) is 18.2 Å². The van der Waals surface area contributed by atoms with Crippen molar-refractivity contribution in [3.8, 4) is 5.75 Å². The molecule has 0 aromatic heterocycles. The van der Waals surface area contributed by atoms with E-state index in [1.807, 2.05) is 0 Å². The SMILES string of the molecule is COC(=O)C(C)(C)NC(=O)c1ccc(OC)c([N+](=O)[O-])c1. The van der Waals surface area contributed by atoms with E-state index in [1.165, 1.54) is 40.2 Å². The normalized spacial score (nSPS) is 10.7. The van der Waals surface area contributed by atoms with Crippen LogP contribution in [0.3, 0.4) is 0 Å². The molecule has 1 aromatic rings. The summed E-state index contributed by atoms with van der Waals surface area (Å²) in [5.41, 5.74) is -1.54. The highest BCUT2D eigenvalue weighted by molar-refractivity contribution is 5.98. The van der Waals surface area contributed by atoms with Gasteiger partial charge < -0.3 is 14.8 Å². The Morgan fingerprint density at radius 1 is 1.29 bits per heavy atom. The van der Waals surface area contributed by atoms with Crippen LogP contribution in [-0.4, -0.2) is 36.6 Å². The minimum absolute atomic E-state index is 0.0412. The average Bonchev–Trinajstić information content (AvgIpc) is 2.44. The van der Waals surface area contributed by atoms with Crippen LogP contribution in [0.4, 0.5) is 5.69 Å². The lowest BCUT2D eigenvalue weighted by atomic mass is 10.0. The molecule has 0 aliphatic carbocycles. The van der Waals surface area contributed by atoms with E-state index in [9.17, 15) is 19.7 Å². The number of amides is 1. The van der Waals surface area contributed by atoms with Gasteiger partial charge in [-0.2, -0.15) is 0 Å². The maximum absolute atomic E-state index is 12.1. The Kier molecular flexibility index (Phi) is 4.85. The van der Waals surface area contributed by atoms with E-state index in [-0.39, 0.29) is 17.0 Å². The van der Waals surface area contributed by atoms with Gasteiger partial charge in [-0.15, -0.1) is 0 Å². The van der Waals surface area contributed by atoms with Gasteiger partial charge in [-0.05, 0) is 26.0 Å². The fourth-order valence-corrected chi connectivity index (χ4v) is 1.64. The second-order valence-corrected chi connectivity index (χ2v) is 4.71. The Morgan fingerprint density at radius 3 is 2.38 bits per heavy atom. The first-order chi connectivity index (χ1) is 9.72. The van der Waals surface area contributed by atoms with Gasteiger partial charge in [0.25, 0.3) is 5.91 Å². The molecule has 1 aromatic carbocycles. The summed E-state index contributed by atoms with van der Waals surface area (Å²) in [5.74, 6) is -1.21. The standard InChI is InChI=1S/C13H16N2O6/c1-13(2,12(17)21-4)14-11(16)8-5-6-10(20-3)9(7-8)15(18)19/h5-7H,1-4H3,(H,14,16).